The Labute approximate surface area is 51.6 Å². The molecule has 8 heavy (non-hydrogen) atoms. The fraction of sp³-hybridized carbons (Fsp3) is 0.571. The summed E-state index contributed by atoms with van der Waals surface area (Å²) in [6, 6.07) is 0.215. The Hall–Kier alpha value is -0.300. The third-order valence-electron chi connectivity index (χ3n) is 1.16. The van der Waals surface area contributed by atoms with E-state index in [1.807, 2.05) is 19.9 Å². The highest BCUT2D eigenvalue weighted by molar-refractivity contribution is 4.94. The molecule has 0 rings (SSSR count). The SMILES string of the molecule is C=CCC(N)[C](C)C. The quantitative estimate of drug-likeness (QED) is 0.550. The van der Waals surface area contributed by atoms with E-state index in [2.05, 4.69) is 6.58 Å². The van der Waals surface area contributed by atoms with Gasteiger partial charge in [0.2, 0.25) is 0 Å². The van der Waals surface area contributed by atoms with E-state index in [1.54, 1.807) is 0 Å². The van der Waals surface area contributed by atoms with Gasteiger partial charge in [0.1, 0.15) is 0 Å². The van der Waals surface area contributed by atoms with Gasteiger partial charge in [0.15, 0.2) is 0 Å². The monoisotopic (exact) mass is 112 g/mol. The van der Waals surface area contributed by atoms with Crippen molar-refractivity contribution in [3.8, 4) is 0 Å². The van der Waals surface area contributed by atoms with Crippen molar-refractivity contribution < 1.29 is 0 Å². The highest BCUT2D eigenvalue weighted by Gasteiger charge is 2.03. The molecule has 0 bridgehead atoms. The van der Waals surface area contributed by atoms with E-state index in [9.17, 15) is 0 Å². The third-order valence-corrected chi connectivity index (χ3v) is 1.16. The lowest BCUT2D eigenvalue weighted by Gasteiger charge is -2.10. The predicted molar refractivity (Wildman–Crippen MR) is 37.4 cm³/mol. The summed E-state index contributed by atoms with van der Waals surface area (Å²) >= 11 is 0. The molecule has 0 aliphatic heterocycles. The van der Waals surface area contributed by atoms with Gasteiger partial charge < -0.3 is 5.73 Å². The summed E-state index contributed by atoms with van der Waals surface area (Å²) in [6.07, 6.45) is 2.74. The molecule has 0 aliphatic rings. The van der Waals surface area contributed by atoms with E-state index in [0.717, 1.165) is 6.42 Å². The molecule has 0 spiro atoms. The van der Waals surface area contributed by atoms with Crippen molar-refractivity contribution in [3.05, 3.63) is 18.6 Å². The first-order chi connectivity index (χ1) is 3.68. The molecule has 0 saturated carbocycles. The number of hydrogen-bond donors (Lipinski definition) is 1. The van der Waals surface area contributed by atoms with Crippen LogP contribution in [0.25, 0.3) is 0 Å². The van der Waals surface area contributed by atoms with Crippen molar-refractivity contribution in [1.29, 1.82) is 0 Å². The normalized spacial score (nSPS) is 14.0. The highest BCUT2D eigenvalue weighted by atomic mass is 14.6. The zero-order valence-corrected chi connectivity index (χ0v) is 5.65. The fourth-order valence-corrected chi connectivity index (χ4v) is 0.415. The lowest BCUT2D eigenvalue weighted by molar-refractivity contribution is 0.698. The molecule has 0 amide bonds. The Morgan fingerprint density at radius 2 is 2.25 bits per heavy atom. The molecule has 1 atom stereocenters. The van der Waals surface area contributed by atoms with Gasteiger partial charge in [-0.05, 0) is 12.3 Å². The zero-order chi connectivity index (χ0) is 6.57. The van der Waals surface area contributed by atoms with Crippen molar-refractivity contribution in [1.82, 2.24) is 0 Å². The van der Waals surface area contributed by atoms with Crippen LogP contribution < -0.4 is 5.73 Å². The van der Waals surface area contributed by atoms with Crippen molar-refractivity contribution in [2.45, 2.75) is 26.3 Å². The second-order valence-electron chi connectivity index (χ2n) is 2.21. The molecule has 2 N–H and O–H groups in total. The van der Waals surface area contributed by atoms with Crippen LogP contribution in [0.3, 0.4) is 0 Å². The number of rotatable bonds is 3. The third kappa shape index (κ3) is 2.80. The molecule has 1 unspecified atom stereocenters. The molecule has 1 heteroatoms. The summed E-state index contributed by atoms with van der Waals surface area (Å²) in [5.74, 6) is 1.27. The van der Waals surface area contributed by atoms with Crippen molar-refractivity contribution in [3.63, 3.8) is 0 Å². The summed E-state index contributed by atoms with van der Waals surface area (Å²) < 4.78 is 0. The van der Waals surface area contributed by atoms with Crippen LogP contribution in [0.2, 0.25) is 0 Å². The smallest absolute Gasteiger partial charge is 0.0131 e. The molecule has 0 saturated heterocycles. The lowest BCUT2D eigenvalue weighted by Crippen LogP contribution is -2.23. The summed E-state index contributed by atoms with van der Waals surface area (Å²) in [7, 11) is 0. The first kappa shape index (κ1) is 7.70. The maximum Gasteiger partial charge on any atom is 0.0131 e. The molecular formula is C7H14N. The van der Waals surface area contributed by atoms with E-state index < -0.39 is 0 Å². The summed E-state index contributed by atoms with van der Waals surface area (Å²) in [6.45, 7) is 7.66. The van der Waals surface area contributed by atoms with Crippen LogP contribution in [0.5, 0.6) is 0 Å². The minimum absolute atomic E-state index is 0.215. The van der Waals surface area contributed by atoms with Gasteiger partial charge in [-0.1, -0.05) is 19.9 Å². The molecule has 0 aliphatic carbocycles. The average molecular weight is 112 g/mol. The maximum atomic E-state index is 5.62. The van der Waals surface area contributed by atoms with Gasteiger partial charge in [0.25, 0.3) is 0 Å². The highest BCUT2D eigenvalue weighted by Crippen LogP contribution is 2.04. The average Bonchev–Trinajstić information content (AvgIpc) is 1.67. The topological polar surface area (TPSA) is 26.0 Å². The van der Waals surface area contributed by atoms with Gasteiger partial charge in [0, 0.05) is 6.04 Å². The van der Waals surface area contributed by atoms with Crippen LogP contribution in [0.15, 0.2) is 12.7 Å². The van der Waals surface area contributed by atoms with E-state index in [1.165, 1.54) is 5.92 Å². The molecule has 47 valence electrons. The first-order valence-corrected chi connectivity index (χ1v) is 2.85. The standard InChI is InChI=1S/C7H14N/c1-4-5-7(8)6(2)3/h4,7H,1,5,8H2,2-3H3. The molecule has 0 fully saturated rings. The van der Waals surface area contributed by atoms with Crippen molar-refractivity contribution in [2.24, 2.45) is 5.73 Å². The van der Waals surface area contributed by atoms with E-state index in [4.69, 9.17) is 5.73 Å². The summed E-state index contributed by atoms with van der Waals surface area (Å²) in [5.41, 5.74) is 5.62. The Kier molecular flexibility index (Phi) is 3.53. The Morgan fingerprint density at radius 1 is 1.75 bits per heavy atom. The maximum absolute atomic E-state index is 5.62. The van der Waals surface area contributed by atoms with Gasteiger partial charge >= 0.3 is 0 Å². The minimum atomic E-state index is 0.215. The zero-order valence-electron chi connectivity index (χ0n) is 5.65. The number of nitrogens with two attached hydrogens (primary N) is 1. The molecule has 1 radical (unpaired) electrons. The van der Waals surface area contributed by atoms with Crippen LogP contribution in [-0.2, 0) is 0 Å². The predicted octanol–water partition coefficient (Wildman–Crippen LogP) is 1.50. The Balaban J connectivity index is 3.30. The Morgan fingerprint density at radius 3 is 2.38 bits per heavy atom. The van der Waals surface area contributed by atoms with Crippen molar-refractivity contribution in [2.75, 3.05) is 0 Å². The summed E-state index contributed by atoms with van der Waals surface area (Å²) in [4.78, 5) is 0. The van der Waals surface area contributed by atoms with Gasteiger partial charge in [-0.25, -0.2) is 0 Å². The van der Waals surface area contributed by atoms with Crippen LogP contribution in [0, 0.1) is 5.92 Å². The molecule has 0 aromatic carbocycles. The van der Waals surface area contributed by atoms with E-state index >= 15 is 0 Å². The molecule has 0 heterocycles. The molecule has 1 nitrogen and oxygen atoms in total. The second kappa shape index (κ2) is 3.67. The molecule has 0 aromatic rings. The Bertz CT molecular complexity index is 66.8. The fourth-order valence-electron chi connectivity index (χ4n) is 0.415. The van der Waals surface area contributed by atoms with Gasteiger partial charge in [-0.2, -0.15) is 0 Å². The minimum Gasteiger partial charge on any atom is -0.327 e. The van der Waals surface area contributed by atoms with Crippen molar-refractivity contribution >= 4 is 0 Å². The van der Waals surface area contributed by atoms with Crippen LogP contribution in [0.1, 0.15) is 20.3 Å². The van der Waals surface area contributed by atoms with Crippen LogP contribution >= 0.6 is 0 Å². The second-order valence-corrected chi connectivity index (χ2v) is 2.21. The van der Waals surface area contributed by atoms with Crippen LogP contribution in [0.4, 0.5) is 0 Å². The lowest BCUT2D eigenvalue weighted by atomic mass is 10.0. The van der Waals surface area contributed by atoms with Gasteiger partial charge in [0.05, 0.1) is 0 Å². The largest absolute Gasteiger partial charge is 0.327 e. The number of hydrogen-bond acceptors (Lipinski definition) is 1. The van der Waals surface area contributed by atoms with E-state index in [0.29, 0.717) is 0 Å². The van der Waals surface area contributed by atoms with Crippen LogP contribution in [-0.4, -0.2) is 6.04 Å². The molecule has 0 aromatic heterocycles. The van der Waals surface area contributed by atoms with Gasteiger partial charge in [-0.15, -0.1) is 6.58 Å². The summed E-state index contributed by atoms with van der Waals surface area (Å²) in [5, 5.41) is 0. The van der Waals surface area contributed by atoms with Gasteiger partial charge in [-0.3, -0.25) is 0 Å². The van der Waals surface area contributed by atoms with E-state index in [-0.39, 0.29) is 6.04 Å². The first-order valence-electron chi connectivity index (χ1n) is 2.85. The molecular weight excluding hydrogens is 98.1 g/mol.